The molecule has 3 N–H and O–H groups in total. The van der Waals surface area contributed by atoms with Gasteiger partial charge in [-0.25, -0.2) is 4.98 Å². The minimum atomic E-state index is -0.808. The van der Waals surface area contributed by atoms with Crippen LogP contribution >= 0.6 is 0 Å². The zero-order valence-electron chi connectivity index (χ0n) is 16.3. The molecule has 1 aromatic heterocycles. The molecule has 9 heteroatoms. The number of fused-ring (bicyclic) bond motifs is 1. The third-order valence-electron chi connectivity index (χ3n) is 4.45. The number of carbonyl (C=O) groups excluding carboxylic acids is 3. The molecule has 0 saturated carbocycles. The topological polar surface area (TPSA) is 119 Å². The van der Waals surface area contributed by atoms with Gasteiger partial charge in [-0.1, -0.05) is 13.0 Å². The number of methoxy groups -OCH3 is 1. The number of carbonyl (C=O) groups is 3. The monoisotopic (exact) mass is 398 g/mol. The number of pyridine rings is 1. The standard InChI is InChI=1S/C20H22N4O5/c1-4-15-18(25)24-14-6-5-12(9-16(14)29-15)11(2)22-19(26)20(27)23-13-7-8-21-17(10-13)28-3/h5-11,15H,4H2,1-3H3,(H,22,26)(H,24,25)(H,21,23,27). The van der Waals surface area contributed by atoms with E-state index >= 15 is 0 Å². The SMILES string of the molecule is CCC1Oc2cc(C(C)NC(=O)C(=O)Nc3ccnc(OC)c3)ccc2NC1=O. The maximum absolute atomic E-state index is 12.3. The van der Waals surface area contributed by atoms with Crippen LogP contribution in [0.3, 0.4) is 0 Å². The van der Waals surface area contributed by atoms with E-state index in [4.69, 9.17) is 9.47 Å². The van der Waals surface area contributed by atoms with Gasteiger partial charge >= 0.3 is 11.8 Å². The largest absolute Gasteiger partial charge is 0.481 e. The highest BCUT2D eigenvalue weighted by Crippen LogP contribution is 2.33. The Bertz CT molecular complexity index is 946. The van der Waals surface area contributed by atoms with Crippen LogP contribution in [0.2, 0.25) is 0 Å². The van der Waals surface area contributed by atoms with Crippen LogP contribution in [0.15, 0.2) is 36.5 Å². The molecule has 0 radical (unpaired) electrons. The number of nitrogens with one attached hydrogen (secondary N) is 3. The summed E-state index contributed by atoms with van der Waals surface area (Å²) in [6.45, 7) is 3.61. The molecule has 2 unspecified atom stereocenters. The third-order valence-corrected chi connectivity index (χ3v) is 4.45. The Kier molecular flexibility index (Phi) is 5.96. The molecule has 1 aromatic carbocycles. The number of ether oxygens (including phenoxy) is 2. The van der Waals surface area contributed by atoms with Crippen molar-refractivity contribution in [1.29, 1.82) is 0 Å². The second-order valence-corrected chi connectivity index (χ2v) is 6.50. The summed E-state index contributed by atoms with van der Waals surface area (Å²) in [5.74, 6) is -0.922. The number of rotatable bonds is 5. The Morgan fingerprint density at radius 3 is 2.79 bits per heavy atom. The first kappa shape index (κ1) is 20.1. The minimum Gasteiger partial charge on any atom is -0.481 e. The van der Waals surface area contributed by atoms with E-state index in [0.717, 1.165) is 5.56 Å². The van der Waals surface area contributed by atoms with Crippen LogP contribution in [0.5, 0.6) is 11.6 Å². The molecule has 152 valence electrons. The van der Waals surface area contributed by atoms with E-state index in [1.165, 1.54) is 19.4 Å². The highest BCUT2D eigenvalue weighted by Gasteiger charge is 2.27. The van der Waals surface area contributed by atoms with Crippen molar-refractivity contribution >= 4 is 29.1 Å². The smallest absolute Gasteiger partial charge is 0.313 e. The molecule has 1 aliphatic rings. The van der Waals surface area contributed by atoms with Gasteiger partial charge in [0.1, 0.15) is 5.75 Å². The van der Waals surface area contributed by atoms with Crippen LogP contribution in [0.4, 0.5) is 11.4 Å². The summed E-state index contributed by atoms with van der Waals surface area (Å²) in [7, 11) is 1.46. The maximum atomic E-state index is 12.3. The number of anilines is 2. The fraction of sp³-hybridized carbons (Fsp3) is 0.300. The summed E-state index contributed by atoms with van der Waals surface area (Å²) in [5, 5.41) is 7.94. The number of aromatic nitrogens is 1. The summed E-state index contributed by atoms with van der Waals surface area (Å²) in [6.07, 6.45) is 1.46. The summed E-state index contributed by atoms with van der Waals surface area (Å²) >= 11 is 0. The Morgan fingerprint density at radius 1 is 1.28 bits per heavy atom. The lowest BCUT2D eigenvalue weighted by Crippen LogP contribution is -2.37. The van der Waals surface area contributed by atoms with Gasteiger partial charge in [0.2, 0.25) is 5.88 Å². The van der Waals surface area contributed by atoms with Gasteiger partial charge in [0, 0.05) is 18.0 Å². The molecule has 1 aliphatic heterocycles. The van der Waals surface area contributed by atoms with Crippen molar-refractivity contribution in [3.8, 4) is 11.6 Å². The van der Waals surface area contributed by atoms with Crippen molar-refractivity contribution in [1.82, 2.24) is 10.3 Å². The van der Waals surface area contributed by atoms with E-state index in [2.05, 4.69) is 20.9 Å². The summed E-state index contributed by atoms with van der Waals surface area (Å²) in [6, 6.07) is 7.82. The van der Waals surface area contributed by atoms with E-state index in [0.29, 0.717) is 29.4 Å². The molecule has 3 amide bonds. The quantitative estimate of drug-likeness (QED) is 0.663. The second-order valence-electron chi connectivity index (χ2n) is 6.50. The summed E-state index contributed by atoms with van der Waals surface area (Å²) in [4.78, 5) is 40.2. The van der Waals surface area contributed by atoms with Crippen LogP contribution in [0, 0.1) is 0 Å². The lowest BCUT2D eigenvalue weighted by molar-refractivity contribution is -0.136. The number of nitrogens with zero attached hydrogens (tertiary/aromatic N) is 1. The molecule has 2 atom stereocenters. The zero-order chi connectivity index (χ0) is 21.0. The Morgan fingerprint density at radius 2 is 2.07 bits per heavy atom. The number of amides is 3. The molecule has 0 saturated heterocycles. The van der Waals surface area contributed by atoms with Crippen molar-refractivity contribution in [3.05, 3.63) is 42.1 Å². The lowest BCUT2D eigenvalue weighted by Gasteiger charge is -2.26. The average Bonchev–Trinajstić information content (AvgIpc) is 2.72. The highest BCUT2D eigenvalue weighted by atomic mass is 16.5. The maximum Gasteiger partial charge on any atom is 0.313 e. The molecule has 3 rings (SSSR count). The normalized spacial score (nSPS) is 16.0. The first-order valence-corrected chi connectivity index (χ1v) is 9.14. The zero-order valence-corrected chi connectivity index (χ0v) is 16.3. The van der Waals surface area contributed by atoms with Crippen molar-refractivity contribution in [2.45, 2.75) is 32.4 Å². The lowest BCUT2D eigenvalue weighted by atomic mass is 10.1. The molecule has 2 heterocycles. The molecule has 0 aliphatic carbocycles. The first-order chi connectivity index (χ1) is 13.9. The molecule has 2 aromatic rings. The van der Waals surface area contributed by atoms with Crippen molar-refractivity contribution < 1.29 is 23.9 Å². The van der Waals surface area contributed by atoms with Crippen LogP contribution in [0.1, 0.15) is 31.9 Å². The van der Waals surface area contributed by atoms with E-state index in [1.807, 2.05) is 6.92 Å². The Balaban J connectivity index is 1.65. The predicted molar refractivity (Wildman–Crippen MR) is 106 cm³/mol. The Labute approximate surface area is 167 Å². The molecular weight excluding hydrogens is 376 g/mol. The molecule has 0 fully saturated rings. The van der Waals surface area contributed by atoms with Crippen molar-refractivity contribution in [2.24, 2.45) is 0 Å². The van der Waals surface area contributed by atoms with E-state index in [-0.39, 0.29) is 5.91 Å². The number of hydrogen-bond acceptors (Lipinski definition) is 6. The predicted octanol–water partition coefficient (Wildman–Crippen LogP) is 2.02. The van der Waals surface area contributed by atoms with Crippen LogP contribution < -0.4 is 25.4 Å². The summed E-state index contributed by atoms with van der Waals surface area (Å²) in [5.41, 5.74) is 1.71. The van der Waals surface area contributed by atoms with E-state index in [9.17, 15) is 14.4 Å². The van der Waals surface area contributed by atoms with Crippen LogP contribution in [0.25, 0.3) is 0 Å². The van der Waals surface area contributed by atoms with Gasteiger partial charge in [0.05, 0.1) is 18.8 Å². The molecular formula is C20H22N4O5. The first-order valence-electron chi connectivity index (χ1n) is 9.14. The molecule has 29 heavy (non-hydrogen) atoms. The number of hydrogen-bond donors (Lipinski definition) is 3. The van der Waals surface area contributed by atoms with E-state index in [1.54, 1.807) is 31.2 Å². The van der Waals surface area contributed by atoms with Crippen LogP contribution in [-0.4, -0.2) is 35.9 Å². The average molecular weight is 398 g/mol. The Hall–Kier alpha value is -3.62. The number of benzene rings is 1. The van der Waals surface area contributed by atoms with Gasteiger partial charge < -0.3 is 25.4 Å². The van der Waals surface area contributed by atoms with Crippen LogP contribution in [-0.2, 0) is 14.4 Å². The van der Waals surface area contributed by atoms with Gasteiger partial charge in [-0.05, 0) is 37.1 Å². The molecule has 0 spiro atoms. The fourth-order valence-corrected chi connectivity index (χ4v) is 2.83. The van der Waals surface area contributed by atoms with E-state index < -0.39 is 24.0 Å². The van der Waals surface area contributed by atoms with Crippen molar-refractivity contribution in [3.63, 3.8) is 0 Å². The van der Waals surface area contributed by atoms with Gasteiger partial charge in [0.15, 0.2) is 6.10 Å². The molecule has 0 bridgehead atoms. The molecule has 9 nitrogen and oxygen atoms in total. The van der Waals surface area contributed by atoms with Gasteiger partial charge in [-0.3, -0.25) is 14.4 Å². The minimum absolute atomic E-state index is 0.182. The van der Waals surface area contributed by atoms with Gasteiger partial charge in [0.25, 0.3) is 5.91 Å². The second kappa shape index (κ2) is 8.59. The van der Waals surface area contributed by atoms with Gasteiger partial charge in [-0.15, -0.1) is 0 Å². The van der Waals surface area contributed by atoms with Gasteiger partial charge in [-0.2, -0.15) is 0 Å². The highest BCUT2D eigenvalue weighted by molar-refractivity contribution is 6.39. The fourth-order valence-electron chi connectivity index (χ4n) is 2.83. The summed E-state index contributed by atoms with van der Waals surface area (Å²) < 4.78 is 10.7. The third kappa shape index (κ3) is 4.63. The van der Waals surface area contributed by atoms with Crippen molar-refractivity contribution in [2.75, 3.05) is 17.7 Å².